The molecule has 2 N–H and O–H groups in total. The maximum Gasteiger partial charge on any atom is 0.224 e. The Morgan fingerprint density at radius 2 is 2.21 bits per heavy atom. The Morgan fingerprint density at radius 3 is 2.89 bits per heavy atom. The molecule has 0 aliphatic carbocycles. The number of benzene rings is 1. The molecule has 1 aromatic rings. The predicted molar refractivity (Wildman–Crippen MR) is 78.3 cm³/mol. The lowest BCUT2D eigenvalue weighted by Gasteiger charge is -2.23. The second-order valence-electron chi connectivity index (χ2n) is 5.09. The maximum atomic E-state index is 11.9. The second-order valence-corrected chi connectivity index (χ2v) is 5.09. The largest absolute Gasteiger partial charge is 0.373 e. The highest BCUT2D eigenvalue weighted by Crippen LogP contribution is 2.11. The van der Waals surface area contributed by atoms with Crippen LogP contribution in [0.5, 0.6) is 0 Å². The van der Waals surface area contributed by atoms with E-state index < -0.39 is 0 Å². The van der Waals surface area contributed by atoms with Crippen LogP contribution in [0, 0.1) is 5.92 Å². The average molecular weight is 261 g/mol. The molecule has 1 saturated heterocycles. The minimum absolute atomic E-state index is 0.149. The number of piperidine rings is 1. The Labute approximate surface area is 115 Å². The summed E-state index contributed by atoms with van der Waals surface area (Å²) in [5.41, 5.74) is 1.18. The van der Waals surface area contributed by atoms with Crippen molar-refractivity contribution in [1.82, 2.24) is 10.6 Å². The van der Waals surface area contributed by atoms with Crippen molar-refractivity contribution >= 4 is 11.6 Å². The van der Waals surface area contributed by atoms with Crippen molar-refractivity contribution in [2.24, 2.45) is 5.92 Å². The van der Waals surface area contributed by atoms with Gasteiger partial charge in [0.15, 0.2) is 0 Å². The summed E-state index contributed by atoms with van der Waals surface area (Å²) < 4.78 is 0. The quantitative estimate of drug-likeness (QED) is 0.838. The van der Waals surface area contributed by atoms with Crippen LogP contribution in [0.4, 0.5) is 5.69 Å². The molecule has 1 heterocycles. The van der Waals surface area contributed by atoms with Crippen LogP contribution >= 0.6 is 0 Å². The Hall–Kier alpha value is -1.55. The lowest BCUT2D eigenvalue weighted by atomic mass is 9.99. The Morgan fingerprint density at radius 1 is 1.42 bits per heavy atom. The summed E-state index contributed by atoms with van der Waals surface area (Å²) in [5, 5.41) is 6.30. The van der Waals surface area contributed by atoms with Crippen LogP contribution in [0.1, 0.15) is 12.8 Å². The highest BCUT2D eigenvalue weighted by molar-refractivity contribution is 5.79. The fourth-order valence-corrected chi connectivity index (χ4v) is 2.38. The van der Waals surface area contributed by atoms with Gasteiger partial charge >= 0.3 is 0 Å². The van der Waals surface area contributed by atoms with Crippen LogP contribution in [0.15, 0.2) is 30.3 Å². The van der Waals surface area contributed by atoms with Crippen molar-refractivity contribution in [2.45, 2.75) is 12.8 Å². The molecule has 1 aliphatic heterocycles. The van der Waals surface area contributed by atoms with E-state index in [1.807, 2.05) is 25.2 Å². The van der Waals surface area contributed by atoms with Crippen molar-refractivity contribution in [1.29, 1.82) is 0 Å². The van der Waals surface area contributed by atoms with Crippen molar-refractivity contribution in [2.75, 3.05) is 38.1 Å². The first-order valence-corrected chi connectivity index (χ1v) is 7.02. The minimum Gasteiger partial charge on any atom is -0.373 e. The second kappa shape index (κ2) is 7.14. The van der Waals surface area contributed by atoms with Gasteiger partial charge in [0, 0.05) is 32.4 Å². The van der Waals surface area contributed by atoms with Crippen LogP contribution in [0.2, 0.25) is 0 Å². The lowest BCUT2D eigenvalue weighted by Crippen LogP contribution is -2.42. The zero-order valence-electron chi connectivity index (χ0n) is 11.6. The molecule has 1 amide bonds. The Kier molecular flexibility index (Phi) is 5.21. The number of hydrogen-bond acceptors (Lipinski definition) is 3. The number of amides is 1. The number of carbonyl (C=O) groups excluding carboxylic acids is 1. The van der Waals surface area contributed by atoms with Crippen molar-refractivity contribution < 1.29 is 4.79 Å². The highest BCUT2D eigenvalue weighted by Gasteiger charge is 2.20. The molecule has 104 valence electrons. The predicted octanol–water partition coefficient (Wildman–Crippen LogP) is 1.24. The molecule has 2 rings (SSSR count). The van der Waals surface area contributed by atoms with E-state index in [1.165, 1.54) is 5.69 Å². The fourth-order valence-electron chi connectivity index (χ4n) is 2.38. The van der Waals surface area contributed by atoms with Crippen LogP contribution in [-0.4, -0.2) is 39.1 Å². The molecular weight excluding hydrogens is 238 g/mol. The van der Waals surface area contributed by atoms with Gasteiger partial charge in [-0.05, 0) is 31.5 Å². The molecule has 4 heteroatoms. The summed E-state index contributed by atoms with van der Waals surface area (Å²) in [4.78, 5) is 14.1. The lowest BCUT2D eigenvalue weighted by molar-refractivity contribution is -0.125. The summed E-state index contributed by atoms with van der Waals surface area (Å²) in [6.07, 6.45) is 2.11. The summed E-state index contributed by atoms with van der Waals surface area (Å²) in [5.74, 6) is 0.337. The zero-order valence-corrected chi connectivity index (χ0v) is 11.6. The standard InChI is InChI=1S/C15H23N3O/c1-18(14-7-3-2-4-8-14)11-10-17-15(19)13-6-5-9-16-12-13/h2-4,7-8,13,16H,5-6,9-12H2,1H3,(H,17,19)/t13-/m1/s1. The van der Waals surface area contributed by atoms with Gasteiger partial charge in [-0.1, -0.05) is 18.2 Å². The molecular formula is C15H23N3O. The van der Waals surface area contributed by atoms with E-state index in [1.54, 1.807) is 0 Å². The molecule has 0 unspecified atom stereocenters. The van der Waals surface area contributed by atoms with Crippen molar-refractivity contribution in [3.05, 3.63) is 30.3 Å². The van der Waals surface area contributed by atoms with E-state index in [4.69, 9.17) is 0 Å². The number of nitrogens with zero attached hydrogens (tertiary/aromatic N) is 1. The molecule has 0 aromatic heterocycles. The van der Waals surface area contributed by atoms with Crippen LogP contribution < -0.4 is 15.5 Å². The summed E-state index contributed by atoms with van der Waals surface area (Å²) in [6, 6.07) is 10.2. The number of rotatable bonds is 5. The van der Waals surface area contributed by atoms with Gasteiger partial charge in [0.2, 0.25) is 5.91 Å². The molecule has 1 aromatic carbocycles. The molecule has 19 heavy (non-hydrogen) atoms. The van der Waals surface area contributed by atoms with Gasteiger partial charge in [0.1, 0.15) is 0 Å². The topological polar surface area (TPSA) is 44.4 Å². The van der Waals surface area contributed by atoms with Crippen LogP contribution in [0.25, 0.3) is 0 Å². The third kappa shape index (κ3) is 4.24. The fraction of sp³-hybridized carbons (Fsp3) is 0.533. The van der Waals surface area contributed by atoms with E-state index in [-0.39, 0.29) is 11.8 Å². The first kappa shape index (κ1) is 13.9. The number of carbonyl (C=O) groups is 1. The number of likely N-dealkylation sites (N-methyl/N-ethyl adjacent to an activating group) is 1. The number of nitrogens with one attached hydrogen (secondary N) is 2. The van der Waals surface area contributed by atoms with E-state index >= 15 is 0 Å². The third-order valence-electron chi connectivity index (χ3n) is 3.61. The maximum absolute atomic E-state index is 11.9. The summed E-state index contributed by atoms with van der Waals surface area (Å²) in [7, 11) is 2.05. The minimum atomic E-state index is 0.149. The van der Waals surface area contributed by atoms with Gasteiger partial charge in [-0.3, -0.25) is 4.79 Å². The number of anilines is 1. The Balaban J connectivity index is 1.69. The molecule has 0 spiro atoms. The van der Waals surface area contributed by atoms with Gasteiger partial charge in [0.25, 0.3) is 0 Å². The monoisotopic (exact) mass is 261 g/mol. The Bertz CT molecular complexity index is 388. The average Bonchev–Trinajstić information content (AvgIpc) is 2.49. The van der Waals surface area contributed by atoms with Crippen LogP contribution in [0.3, 0.4) is 0 Å². The third-order valence-corrected chi connectivity index (χ3v) is 3.61. The molecule has 0 saturated carbocycles. The van der Waals surface area contributed by atoms with Gasteiger partial charge in [-0.15, -0.1) is 0 Å². The SMILES string of the molecule is CN(CCNC(=O)[C@@H]1CCCNC1)c1ccccc1. The van der Waals surface area contributed by atoms with Gasteiger partial charge in [-0.25, -0.2) is 0 Å². The van der Waals surface area contributed by atoms with E-state index in [2.05, 4.69) is 27.7 Å². The van der Waals surface area contributed by atoms with E-state index in [9.17, 15) is 4.79 Å². The summed E-state index contributed by atoms with van der Waals surface area (Å²) >= 11 is 0. The van der Waals surface area contributed by atoms with Gasteiger partial charge < -0.3 is 15.5 Å². The molecule has 1 fully saturated rings. The summed E-state index contributed by atoms with van der Waals surface area (Å²) in [6.45, 7) is 3.39. The van der Waals surface area contributed by atoms with E-state index in [0.717, 1.165) is 32.5 Å². The highest BCUT2D eigenvalue weighted by atomic mass is 16.1. The molecule has 1 aliphatic rings. The van der Waals surface area contributed by atoms with Gasteiger partial charge in [-0.2, -0.15) is 0 Å². The molecule has 4 nitrogen and oxygen atoms in total. The number of hydrogen-bond donors (Lipinski definition) is 2. The zero-order chi connectivity index (χ0) is 13.5. The first-order valence-electron chi connectivity index (χ1n) is 7.02. The normalized spacial score (nSPS) is 18.9. The van der Waals surface area contributed by atoms with E-state index in [0.29, 0.717) is 6.54 Å². The molecule has 0 bridgehead atoms. The first-order chi connectivity index (χ1) is 9.27. The number of para-hydroxylation sites is 1. The molecule has 0 radical (unpaired) electrons. The smallest absolute Gasteiger partial charge is 0.224 e. The van der Waals surface area contributed by atoms with Crippen molar-refractivity contribution in [3.63, 3.8) is 0 Å². The molecule has 1 atom stereocenters. The van der Waals surface area contributed by atoms with Crippen molar-refractivity contribution in [3.8, 4) is 0 Å². The van der Waals surface area contributed by atoms with Gasteiger partial charge in [0.05, 0.1) is 5.92 Å². The van der Waals surface area contributed by atoms with Crippen LogP contribution in [-0.2, 0) is 4.79 Å².